The van der Waals surface area contributed by atoms with Gasteiger partial charge in [-0.2, -0.15) is 5.10 Å². The molecule has 1 atom stereocenters. The molecular formula is C31H32N4O3. The summed E-state index contributed by atoms with van der Waals surface area (Å²) in [6.07, 6.45) is 8.39. The Kier molecular flexibility index (Phi) is 6.60. The van der Waals surface area contributed by atoms with Crippen LogP contribution in [0.2, 0.25) is 0 Å². The van der Waals surface area contributed by atoms with Gasteiger partial charge in [-0.25, -0.2) is 0 Å². The molecule has 0 spiro atoms. The number of H-pyrrole nitrogens is 1. The zero-order valence-electron chi connectivity index (χ0n) is 21.6. The highest BCUT2D eigenvalue weighted by molar-refractivity contribution is 5.94. The summed E-state index contributed by atoms with van der Waals surface area (Å²) < 4.78 is 11.1. The van der Waals surface area contributed by atoms with E-state index in [0.29, 0.717) is 5.57 Å². The normalized spacial score (nSPS) is 18.5. The number of carbonyl (C=O) groups is 1. The molecule has 38 heavy (non-hydrogen) atoms. The minimum Gasteiger partial charge on any atom is -0.493 e. The van der Waals surface area contributed by atoms with Crippen LogP contribution >= 0.6 is 0 Å². The highest BCUT2D eigenvalue weighted by atomic mass is 16.5. The molecule has 0 saturated carbocycles. The van der Waals surface area contributed by atoms with Gasteiger partial charge in [0.2, 0.25) is 5.91 Å². The fourth-order valence-electron chi connectivity index (χ4n) is 5.36. The molecule has 1 amide bonds. The number of aromatic amines is 1. The summed E-state index contributed by atoms with van der Waals surface area (Å²) in [5.41, 5.74) is 5.84. The van der Waals surface area contributed by atoms with Gasteiger partial charge in [0, 0.05) is 47.3 Å². The molecule has 6 rings (SSSR count). The number of aromatic nitrogens is 2. The van der Waals surface area contributed by atoms with Crippen molar-refractivity contribution in [2.75, 3.05) is 19.7 Å². The summed E-state index contributed by atoms with van der Waals surface area (Å²) in [6.45, 7) is 9.52. The minimum absolute atomic E-state index is 0.0445. The topological polar surface area (TPSA) is 83.4 Å². The van der Waals surface area contributed by atoms with Crippen molar-refractivity contribution in [1.29, 1.82) is 0 Å². The minimum atomic E-state index is -0.0445. The molecule has 4 heterocycles. The third-order valence-electron chi connectivity index (χ3n) is 7.48. The molecule has 0 unspecified atom stereocenters. The van der Waals surface area contributed by atoms with E-state index in [4.69, 9.17) is 9.15 Å². The van der Waals surface area contributed by atoms with Crippen molar-refractivity contribution in [1.82, 2.24) is 20.4 Å². The Bertz CT molecular complexity index is 1630. The van der Waals surface area contributed by atoms with Gasteiger partial charge in [0.1, 0.15) is 11.3 Å². The third kappa shape index (κ3) is 5.02. The zero-order chi connectivity index (χ0) is 26.1. The van der Waals surface area contributed by atoms with Gasteiger partial charge >= 0.3 is 0 Å². The van der Waals surface area contributed by atoms with Crippen molar-refractivity contribution in [2.24, 2.45) is 0 Å². The summed E-state index contributed by atoms with van der Waals surface area (Å²) in [6, 6.07) is 14.6. The molecule has 1 fully saturated rings. The Balaban J connectivity index is 1.09. The SMILES string of the molecule is C=c1c(-c2ccc3c(c2)CCO3)n[nH]/c1=C/C=C(\C)C(=O)N[C@@H]1CCCN(Cc2ccc3occc3c2)C1. The number of carbonyl (C=O) groups excluding carboxylic acids is 1. The molecule has 7 nitrogen and oxygen atoms in total. The number of piperidine rings is 1. The van der Waals surface area contributed by atoms with Crippen LogP contribution < -0.4 is 20.6 Å². The molecule has 2 aromatic heterocycles. The van der Waals surface area contributed by atoms with Gasteiger partial charge < -0.3 is 14.5 Å². The van der Waals surface area contributed by atoms with Crippen LogP contribution in [0, 0.1) is 0 Å². The van der Waals surface area contributed by atoms with Crippen molar-refractivity contribution in [3.05, 3.63) is 82.1 Å². The Morgan fingerprint density at radius 2 is 2.18 bits per heavy atom. The van der Waals surface area contributed by atoms with E-state index < -0.39 is 0 Å². The quantitative estimate of drug-likeness (QED) is 0.389. The second-order valence-corrected chi connectivity index (χ2v) is 10.2. The van der Waals surface area contributed by atoms with E-state index in [-0.39, 0.29) is 11.9 Å². The maximum Gasteiger partial charge on any atom is 0.247 e. The maximum atomic E-state index is 13.0. The number of hydrogen-bond acceptors (Lipinski definition) is 5. The first-order valence-electron chi connectivity index (χ1n) is 13.2. The van der Waals surface area contributed by atoms with Crippen LogP contribution in [0.15, 0.2) is 64.8 Å². The molecule has 2 aliphatic rings. The Morgan fingerprint density at radius 3 is 3.11 bits per heavy atom. The van der Waals surface area contributed by atoms with Gasteiger partial charge in [-0.1, -0.05) is 18.7 Å². The van der Waals surface area contributed by atoms with Crippen molar-refractivity contribution < 1.29 is 13.9 Å². The van der Waals surface area contributed by atoms with Crippen molar-refractivity contribution in [3.63, 3.8) is 0 Å². The van der Waals surface area contributed by atoms with Crippen LogP contribution in [-0.2, 0) is 17.8 Å². The first-order chi connectivity index (χ1) is 18.5. The highest BCUT2D eigenvalue weighted by Gasteiger charge is 2.22. The van der Waals surface area contributed by atoms with E-state index in [1.165, 1.54) is 11.1 Å². The van der Waals surface area contributed by atoms with Crippen LogP contribution in [0.25, 0.3) is 34.9 Å². The van der Waals surface area contributed by atoms with Crippen LogP contribution in [0.1, 0.15) is 30.9 Å². The summed E-state index contributed by atoms with van der Waals surface area (Å²) in [5.74, 6) is 0.903. The Labute approximate surface area is 221 Å². The second-order valence-electron chi connectivity index (χ2n) is 10.2. The fraction of sp³-hybridized carbons (Fsp3) is 0.290. The number of likely N-dealkylation sites (tertiary alicyclic amines) is 1. The molecule has 0 aliphatic carbocycles. The van der Waals surface area contributed by atoms with Gasteiger partial charge in [-0.3, -0.25) is 14.8 Å². The molecule has 0 radical (unpaired) electrons. The molecule has 4 aromatic rings. The van der Waals surface area contributed by atoms with Crippen molar-refractivity contribution in [3.8, 4) is 17.0 Å². The molecule has 2 aliphatic heterocycles. The van der Waals surface area contributed by atoms with Crippen LogP contribution in [0.4, 0.5) is 0 Å². The van der Waals surface area contributed by atoms with E-state index in [0.717, 1.165) is 84.0 Å². The number of nitrogens with one attached hydrogen (secondary N) is 2. The molecule has 0 bridgehead atoms. The largest absolute Gasteiger partial charge is 0.493 e. The van der Waals surface area contributed by atoms with E-state index in [2.05, 4.69) is 45.2 Å². The predicted molar refractivity (Wildman–Crippen MR) is 149 cm³/mol. The lowest BCUT2D eigenvalue weighted by Gasteiger charge is -2.33. The second kappa shape index (κ2) is 10.3. The zero-order valence-corrected chi connectivity index (χ0v) is 21.6. The standard InChI is InChI=1S/C31H32N4O3/c1-20(5-8-27-21(2)30(34-33-27)25-7-10-29-24(17-25)12-15-38-29)31(36)32-26-4-3-13-35(19-26)18-22-6-9-28-23(16-22)11-14-37-28/h5-11,14,16-17,26,33H,2-4,12-13,15,18-19H2,1H3,(H,32,36)/b20-5+,27-8+/t26-/m1/s1. The van der Waals surface area contributed by atoms with Crippen LogP contribution in [0.3, 0.4) is 0 Å². The molecule has 7 heteroatoms. The Hall–Kier alpha value is -4.10. The smallest absolute Gasteiger partial charge is 0.247 e. The molecule has 1 saturated heterocycles. The number of rotatable bonds is 6. The average Bonchev–Trinajstić information content (AvgIpc) is 3.66. The van der Waals surface area contributed by atoms with E-state index in [1.54, 1.807) is 6.26 Å². The van der Waals surface area contributed by atoms with Gasteiger partial charge in [-0.05, 0) is 79.9 Å². The van der Waals surface area contributed by atoms with Gasteiger partial charge in [0.25, 0.3) is 0 Å². The van der Waals surface area contributed by atoms with E-state index in [9.17, 15) is 4.79 Å². The number of amides is 1. The molecule has 2 aromatic carbocycles. The maximum absolute atomic E-state index is 13.0. The van der Waals surface area contributed by atoms with E-state index in [1.807, 2.05) is 43.3 Å². The van der Waals surface area contributed by atoms with Gasteiger partial charge in [0.05, 0.1) is 23.9 Å². The number of furan rings is 1. The van der Waals surface area contributed by atoms with E-state index >= 15 is 0 Å². The predicted octanol–water partition coefficient (Wildman–Crippen LogP) is 3.68. The Morgan fingerprint density at radius 1 is 1.26 bits per heavy atom. The number of benzene rings is 2. The number of hydrogen-bond donors (Lipinski definition) is 2. The monoisotopic (exact) mass is 508 g/mol. The number of fused-ring (bicyclic) bond motifs is 2. The fourth-order valence-corrected chi connectivity index (χ4v) is 5.36. The lowest BCUT2D eigenvalue weighted by molar-refractivity contribution is -0.118. The first-order valence-corrected chi connectivity index (χ1v) is 13.2. The van der Waals surface area contributed by atoms with Crippen LogP contribution in [-0.4, -0.2) is 46.7 Å². The summed E-state index contributed by atoms with van der Waals surface area (Å²) in [7, 11) is 0. The molecular weight excluding hydrogens is 476 g/mol. The lowest BCUT2D eigenvalue weighted by atomic mass is 10.0. The lowest BCUT2D eigenvalue weighted by Crippen LogP contribution is -2.47. The molecule has 194 valence electrons. The van der Waals surface area contributed by atoms with Gasteiger partial charge in [-0.15, -0.1) is 0 Å². The van der Waals surface area contributed by atoms with Gasteiger partial charge in [0.15, 0.2) is 0 Å². The number of nitrogens with zero attached hydrogens (tertiary/aromatic N) is 2. The van der Waals surface area contributed by atoms with Crippen molar-refractivity contribution >= 4 is 29.5 Å². The third-order valence-corrected chi connectivity index (χ3v) is 7.48. The summed E-state index contributed by atoms with van der Waals surface area (Å²) in [4.78, 5) is 15.4. The summed E-state index contributed by atoms with van der Waals surface area (Å²) >= 11 is 0. The number of allylic oxidation sites excluding steroid dienone is 1. The van der Waals surface area contributed by atoms with Crippen molar-refractivity contribution in [2.45, 2.75) is 38.8 Å². The average molecular weight is 509 g/mol. The van der Waals surface area contributed by atoms with Crippen LogP contribution in [0.5, 0.6) is 5.75 Å². The number of ether oxygens (including phenoxy) is 1. The highest BCUT2D eigenvalue weighted by Crippen LogP contribution is 2.28. The first kappa shape index (κ1) is 24.2. The molecule has 2 N–H and O–H groups in total. The summed E-state index contributed by atoms with van der Waals surface area (Å²) in [5, 5.41) is 13.5.